The molecule has 2 N–H and O–H groups in total. The zero-order valence-electron chi connectivity index (χ0n) is 13.2. The van der Waals surface area contributed by atoms with Gasteiger partial charge in [0.2, 0.25) is 5.91 Å². The minimum absolute atomic E-state index is 0.121. The van der Waals surface area contributed by atoms with Crippen molar-refractivity contribution in [2.45, 2.75) is 25.9 Å². The minimum atomic E-state index is -0.629. The van der Waals surface area contributed by atoms with Crippen LogP contribution in [0.25, 0.3) is 5.52 Å². The molecule has 0 saturated carbocycles. The second-order valence-corrected chi connectivity index (χ2v) is 5.37. The Morgan fingerprint density at radius 1 is 1.27 bits per heavy atom. The van der Waals surface area contributed by atoms with Gasteiger partial charge in [0.15, 0.2) is 5.78 Å². The quantitative estimate of drug-likeness (QED) is 0.845. The highest BCUT2D eigenvalue weighted by atomic mass is 16.5. The van der Waals surface area contributed by atoms with Gasteiger partial charge in [0.05, 0.1) is 30.9 Å². The maximum Gasteiger partial charge on any atom is 0.239 e. The molecule has 2 rings (SSSR count). The topological polar surface area (TPSA) is 77.0 Å². The van der Waals surface area contributed by atoms with Crippen LogP contribution < -0.4 is 10.5 Å². The summed E-state index contributed by atoms with van der Waals surface area (Å²) in [5.74, 6) is 0.328. The van der Waals surface area contributed by atoms with Crippen molar-refractivity contribution in [2.24, 2.45) is 5.73 Å². The van der Waals surface area contributed by atoms with Crippen LogP contribution in [0.4, 0.5) is 0 Å². The van der Waals surface area contributed by atoms with Crippen LogP contribution in [-0.4, -0.2) is 47.2 Å². The average Bonchev–Trinajstić information content (AvgIpc) is 2.94. The number of likely N-dealkylation sites (N-methyl/N-ethyl adjacent to an activating group) is 1. The molecule has 2 aromatic rings. The Kier molecular flexibility index (Phi) is 4.51. The summed E-state index contributed by atoms with van der Waals surface area (Å²) in [5.41, 5.74) is 6.94. The predicted octanol–water partition coefficient (Wildman–Crippen LogP) is 1.32. The van der Waals surface area contributed by atoms with Gasteiger partial charge < -0.3 is 19.8 Å². The van der Waals surface area contributed by atoms with Crippen molar-refractivity contribution in [1.29, 1.82) is 0 Å². The maximum atomic E-state index is 12.7. The van der Waals surface area contributed by atoms with Gasteiger partial charge in [-0.3, -0.25) is 9.59 Å². The Labute approximate surface area is 129 Å². The molecule has 0 bridgehead atoms. The highest BCUT2D eigenvalue weighted by Crippen LogP contribution is 2.20. The molecule has 0 aliphatic heterocycles. The van der Waals surface area contributed by atoms with Crippen LogP contribution >= 0.6 is 0 Å². The zero-order valence-corrected chi connectivity index (χ0v) is 13.2. The third-order valence-electron chi connectivity index (χ3n) is 3.83. The molecule has 0 saturated heterocycles. The van der Waals surface area contributed by atoms with E-state index in [4.69, 9.17) is 10.5 Å². The Bertz CT molecular complexity index is 706. The number of carbonyl (C=O) groups is 2. The molecular weight excluding hydrogens is 282 g/mol. The molecule has 0 fully saturated rings. The van der Waals surface area contributed by atoms with Crippen molar-refractivity contribution >= 4 is 17.2 Å². The molecule has 0 aromatic carbocycles. The van der Waals surface area contributed by atoms with Crippen LogP contribution in [0.2, 0.25) is 0 Å². The molecule has 0 spiro atoms. The smallest absolute Gasteiger partial charge is 0.239 e. The Balaban J connectivity index is 2.31. The number of ether oxygens (including phenoxy) is 1. The highest BCUT2D eigenvalue weighted by molar-refractivity contribution is 6.07. The Morgan fingerprint density at radius 3 is 2.55 bits per heavy atom. The van der Waals surface area contributed by atoms with Gasteiger partial charge in [-0.25, -0.2) is 0 Å². The van der Waals surface area contributed by atoms with E-state index in [-0.39, 0.29) is 11.7 Å². The maximum absolute atomic E-state index is 12.7. The van der Waals surface area contributed by atoms with E-state index in [1.807, 2.05) is 10.5 Å². The highest BCUT2D eigenvalue weighted by Gasteiger charge is 2.26. The van der Waals surface area contributed by atoms with Gasteiger partial charge in [0, 0.05) is 18.8 Å². The van der Waals surface area contributed by atoms with Crippen LogP contribution in [-0.2, 0) is 4.79 Å². The molecule has 2 atom stereocenters. The molecule has 22 heavy (non-hydrogen) atoms. The van der Waals surface area contributed by atoms with Crippen LogP contribution in [0.3, 0.4) is 0 Å². The van der Waals surface area contributed by atoms with Gasteiger partial charge in [-0.05, 0) is 32.0 Å². The number of rotatable bonds is 5. The van der Waals surface area contributed by atoms with Gasteiger partial charge in [0.25, 0.3) is 0 Å². The van der Waals surface area contributed by atoms with E-state index in [0.29, 0.717) is 11.3 Å². The largest absolute Gasteiger partial charge is 0.495 e. The minimum Gasteiger partial charge on any atom is -0.495 e. The number of amides is 1. The fraction of sp³-hybridized carbons (Fsp3) is 0.375. The number of nitrogens with two attached hydrogens (primary N) is 1. The standard InChI is InChI=1S/C16H21N3O3/c1-10(17)16(21)18(3)11(2)15(20)13-7-8-19-9-12(22-4)5-6-14(13)19/h5-11H,17H2,1-4H3/t10-,11?/m0/s1. The number of nitrogens with zero attached hydrogens (tertiary/aromatic N) is 2. The van der Waals surface area contributed by atoms with E-state index in [1.54, 1.807) is 52.5 Å². The van der Waals surface area contributed by atoms with E-state index >= 15 is 0 Å². The lowest BCUT2D eigenvalue weighted by atomic mass is 10.1. The van der Waals surface area contributed by atoms with E-state index in [1.165, 1.54) is 4.90 Å². The van der Waals surface area contributed by atoms with Crippen LogP contribution in [0.5, 0.6) is 5.75 Å². The lowest BCUT2D eigenvalue weighted by Gasteiger charge is -2.25. The van der Waals surface area contributed by atoms with Gasteiger partial charge >= 0.3 is 0 Å². The first-order valence-corrected chi connectivity index (χ1v) is 7.08. The second-order valence-electron chi connectivity index (χ2n) is 5.37. The summed E-state index contributed by atoms with van der Waals surface area (Å²) < 4.78 is 6.99. The Morgan fingerprint density at radius 2 is 1.95 bits per heavy atom. The van der Waals surface area contributed by atoms with Gasteiger partial charge in [-0.15, -0.1) is 0 Å². The zero-order chi connectivity index (χ0) is 16.4. The van der Waals surface area contributed by atoms with Crippen molar-refractivity contribution in [1.82, 2.24) is 9.30 Å². The number of hydrogen-bond acceptors (Lipinski definition) is 4. The molecule has 1 amide bonds. The van der Waals surface area contributed by atoms with E-state index in [0.717, 1.165) is 5.52 Å². The average molecular weight is 303 g/mol. The van der Waals surface area contributed by atoms with Crippen LogP contribution in [0.15, 0.2) is 30.6 Å². The van der Waals surface area contributed by atoms with Crippen molar-refractivity contribution in [3.05, 3.63) is 36.2 Å². The second kappa shape index (κ2) is 6.19. The summed E-state index contributed by atoms with van der Waals surface area (Å²) in [6, 6.07) is 4.17. The Hall–Kier alpha value is -2.34. The molecule has 0 aliphatic carbocycles. The molecule has 1 unspecified atom stereocenters. The number of fused-ring (bicyclic) bond motifs is 1. The lowest BCUT2D eigenvalue weighted by molar-refractivity contribution is -0.131. The van der Waals surface area contributed by atoms with Crippen molar-refractivity contribution < 1.29 is 14.3 Å². The molecule has 6 nitrogen and oxygen atoms in total. The first-order valence-electron chi connectivity index (χ1n) is 7.08. The molecule has 0 aliphatic rings. The fourth-order valence-electron chi connectivity index (χ4n) is 2.33. The number of pyridine rings is 1. The summed E-state index contributed by atoms with van der Waals surface area (Å²) in [5, 5.41) is 0. The molecule has 0 radical (unpaired) electrons. The molecule has 2 heterocycles. The number of methoxy groups -OCH3 is 1. The van der Waals surface area contributed by atoms with Crippen molar-refractivity contribution in [3.63, 3.8) is 0 Å². The number of aromatic nitrogens is 1. The van der Waals surface area contributed by atoms with E-state index in [2.05, 4.69) is 0 Å². The van der Waals surface area contributed by atoms with Gasteiger partial charge in [0.1, 0.15) is 5.75 Å². The number of ketones is 1. The number of carbonyl (C=O) groups excluding carboxylic acids is 2. The molecule has 2 aromatic heterocycles. The van der Waals surface area contributed by atoms with Crippen LogP contribution in [0.1, 0.15) is 24.2 Å². The normalized spacial score (nSPS) is 13.7. The van der Waals surface area contributed by atoms with E-state index in [9.17, 15) is 9.59 Å². The fourth-order valence-corrected chi connectivity index (χ4v) is 2.33. The molecular formula is C16H21N3O3. The SMILES string of the molecule is COc1ccc2c(C(=O)C(C)N(C)C(=O)[C@H](C)N)ccn2c1. The van der Waals surface area contributed by atoms with Crippen molar-refractivity contribution in [2.75, 3.05) is 14.2 Å². The molecule has 118 valence electrons. The summed E-state index contributed by atoms with van der Waals surface area (Å²) in [7, 11) is 3.18. The molecule has 6 heteroatoms. The third-order valence-corrected chi connectivity index (χ3v) is 3.83. The summed E-state index contributed by atoms with van der Waals surface area (Å²) >= 11 is 0. The van der Waals surface area contributed by atoms with E-state index < -0.39 is 12.1 Å². The predicted molar refractivity (Wildman–Crippen MR) is 84.2 cm³/mol. The summed E-state index contributed by atoms with van der Waals surface area (Å²) in [6.45, 7) is 3.31. The van der Waals surface area contributed by atoms with Crippen molar-refractivity contribution in [3.8, 4) is 5.75 Å². The summed E-state index contributed by atoms with van der Waals surface area (Å²) in [6.07, 6.45) is 3.60. The lowest BCUT2D eigenvalue weighted by Crippen LogP contribution is -2.47. The monoisotopic (exact) mass is 303 g/mol. The van der Waals surface area contributed by atoms with Crippen LogP contribution in [0, 0.1) is 0 Å². The summed E-state index contributed by atoms with van der Waals surface area (Å²) in [4.78, 5) is 26.0. The number of hydrogen-bond donors (Lipinski definition) is 1. The first kappa shape index (κ1) is 16.0. The third kappa shape index (κ3) is 2.82. The first-order chi connectivity index (χ1) is 10.4. The number of Topliss-reactive ketones (excluding diaryl/α,β-unsaturated/α-hetero) is 1. The van der Waals surface area contributed by atoms with Gasteiger partial charge in [-0.2, -0.15) is 0 Å². The van der Waals surface area contributed by atoms with Gasteiger partial charge in [-0.1, -0.05) is 0 Å².